The van der Waals surface area contributed by atoms with Gasteiger partial charge in [0.05, 0.1) is 13.2 Å². The van der Waals surface area contributed by atoms with Crippen molar-refractivity contribution in [2.24, 2.45) is 0 Å². The van der Waals surface area contributed by atoms with Crippen molar-refractivity contribution in [3.8, 4) is 0 Å². The number of nitrogens with zero attached hydrogens (tertiary/aromatic N) is 2. The Hall–Kier alpha value is -0.970. The van der Waals surface area contributed by atoms with Gasteiger partial charge >= 0.3 is 0 Å². The van der Waals surface area contributed by atoms with Gasteiger partial charge in [-0.15, -0.1) is 0 Å². The van der Waals surface area contributed by atoms with Crippen LogP contribution in [0, 0.1) is 0 Å². The molecule has 1 aromatic heterocycles. The molecule has 2 rings (SSSR count). The average Bonchev–Trinajstić information content (AvgIpc) is 2.41. The minimum atomic E-state index is 0.177. The maximum atomic E-state index is 5.40. The minimum absolute atomic E-state index is 0.177. The SMILES string of the molecule is CC(C)(CNCc1ccncc1)N1CCOCC1. The van der Waals surface area contributed by atoms with Crippen molar-refractivity contribution in [1.82, 2.24) is 15.2 Å². The van der Waals surface area contributed by atoms with Crippen LogP contribution in [-0.4, -0.2) is 48.3 Å². The Kier molecular flexibility index (Phi) is 4.69. The van der Waals surface area contributed by atoms with Crippen molar-refractivity contribution in [1.29, 1.82) is 0 Å². The molecule has 0 bridgehead atoms. The molecule has 1 N–H and O–H groups in total. The molecule has 4 nitrogen and oxygen atoms in total. The van der Waals surface area contributed by atoms with E-state index in [-0.39, 0.29) is 5.54 Å². The second-order valence-corrected chi connectivity index (χ2v) is 5.37. The summed E-state index contributed by atoms with van der Waals surface area (Å²) in [6.45, 7) is 10.2. The highest BCUT2D eigenvalue weighted by molar-refractivity contribution is 5.09. The first-order chi connectivity index (χ1) is 8.68. The number of morpholine rings is 1. The highest BCUT2D eigenvalue weighted by atomic mass is 16.5. The van der Waals surface area contributed by atoms with Gasteiger partial charge in [0.1, 0.15) is 0 Å². The molecule has 0 radical (unpaired) electrons. The van der Waals surface area contributed by atoms with Gasteiger partial charge in [0.2, 0.25) is 0 Å². The molecule has 0 unspecified atom stereocenters. The van der Waals surface area contributed by atoms with E-state index in [2.05, 4.69) is 41.2 Å². The maximum Gasteiger partial charge on any atom is 0.0594 e. The fraction of sp³-hybridized carbons (Fsp3) is 0.643. The van der Waals surface area contributed by atoms with E-state index in [1.54, 1.807) is 0 Å². The molecule has 0 atom stereocenters. The van der Waals surface area contributed by atoms with Gasteiger partial charge in [0, 0.05) is 44.1 Å². The molecular formula is C14H23N3O. The standard InChI is InChI=1S/C14H23N3O/c1-14(2,17-7-9-18-10-8-17)12-16-11-13-3-5-15-6-4-13/h3-6,16H,7-12H2,1-2H3. The molecule has 0 amide bonds. The van der Waals surface area contributed by atoms with Gasteiger partial charge in [-0.2, -0.15) is 0 Å². The molecule has 0 spiro atoms. The second kappa shape index (κ2) is 6.27. The van der Waals surface area contributed by atoms with E-state index in [0.29, 0.717) is 0 Å². The predicted molar refractivity (Wildman–Crippen MR) is 72.4 cm³/mol. The molecule has 1 aliphatic heterocycles. The minimum Gasteiger partial charge on any atom is -0.379 e. The number of hydrogen-bond donors (Lipinski definition) is 1. The Morgan fingerprint density at radius 3 is 2.61 bits per heavy atom. The van der Waals surface area contributed by atoms with Crippen LogP contribution in [0.4, 0.5) is 0 Å². The highest BCUT2D eigenvalue weighted by Crippen LogP contribution is 2.15. The third-order valence-corrected chi connectivity index (χ3v) is 3.50. The molecular weight excluding hydrogens is 226 g/mol. The van der Waals surface area contributed by atoms with E-state index >= 15 is 0 Å². The summed E-state index contributed by atoms with van der Waals surface area (Å²) in [6.07, 6.45) is 3.67. The Labute approximate surface area is 109 Å². The average molecular weight is 249 g/mol. The Morgan fingerprint density at radius 1 is 1.28 bits per heavy atom. The molecule has 4 heteroatoms. The number of rotatable bonds is 5. The van der Waals surface area contributed by atoms with E-state index in [9.17, 15) is 0 Å². The van der Waals surface area contributed by atoms with Crippen molar-refractivity contribution in [2.45, 2.75) is 25.9 Å². The monoisotopic (exact) mass is 249 g/mol. The molecule has 2 heterocycles. The summed E-state index contributed by atoms with van der Waals surface area (Å²) in [5.74, 6) is 0. The first kappa shape index (κ1) is 13.5. The number of aromatic nitrogens is 1. The van der Waals surface area contributed by atoms with Crippen molar-refractivity contribution in [2.75, 3.05) is 32.8 Å². The van der Waals surface area contributed by atoms with Gasteiger partial charge in [-0.3, -0.25) is 9.88 Å². The molecule has 1 aromatic rings. The summed E-state index contributed by atoms with van der Waals surface area (Å²) in [5, 5.41) is 3.53. The lowest BCUT2D eigenvalue weighted by Gasteiger charge is -2.41. The topological polar surface area (TPSA) is 37.4 Å². The zero-order valence-electron chi connectivity index (χ0n) is 11.4. The zero-order valence-corrected chi connectivity index (χ0v) is 11.4. The van der Waals surface area contributed by atoms with Crippen molar-refractivity contribution in [3.05, 3.63) is 30.1 Å². The zero-order chi connectivity index (χ0) is 12.8. The lowest BCUT2D eigenvalue weighted by atomic mass is 10.0. The van der Waals surface area contributed by atoms with E-state index in [4.69, 9.17) is 4.74 Å². The molecule has 0 aromatic carbocycles. The number of nitrogens with one attached hydrogen (secondary N) is 1. The van der Waals surface area contributed by atoms with Crippen LogP contribution in [0.5, 0.6) is 0 Å². The van der Waals surface area contributed by atoms with Crippen LogP contribution in [0.15, 0.2) is 24.5 Å². The van der Waals surface area contributed by atoms with E-state index in [0.717, 1.165) is 39.4 Å². The fourth-order valence-electron chi connectivity index (χ4n) is 2.29. The van der Waals surface area contributed by atoms with Gasteiger partial charge in [-0.1, -0.05) is 0 Å². The molecule has 1 saturated heterocycles. The van der Waals surface area contributed by atoms with Crippen LogP contribution in [0.25, 0.3) is 0 Å². The second-order valence-electron chi connectivity index (χ2n) is 5.37. The smallest absolute Gasteiger partial charge is 0.0594 e. The lowest BCUT2D eigenvalue weighted by molar-refractivity contribution is -0.00966. The van der Waals surface area contributed by atoms with Gasteiger partial charge in [0.25, 0.3) is 0 Å². The summed E-state index contributed by atoms with van der Waals surface area (Å²) < 4.78 is 5.40. The molecule has 100 valence electrons. The van der Waals surface area contributed by atoms with E-state index in [1.807, 2.05) is 12.4 Å². The maximum absolute atomic E-state index is 5.40. The Morgan fingerprint density at radius 2 is 1.94 bits per heavy atom. The Bertz CT molecular complexity index is 347. The van der Waals surface area contributed by atoms with Crippen LogP contribution >= 0.6 is 0 Å². The van der Waals surface area contributed by atoms with Crippen LogP contribution in [0.3, 0.4) is 0 Å². The van der Waals surface area contributed by atoms with Crippen LogP contribution in [0.1, 0.15) is 19.4 Å². The number of ether oxygens (including phenoxy) is 1. The first-order valence-electron chi connectivity index (χ1n) is 6.61. The largest absolute Gasteiger partial charge is 0.379 e. The lowest BCUT2D eigenvalue weighted by Crippen LogP contribution is -2.54. The van der Waals surface area contributed by atoms with Crippen LogP contribution in [-0.2, 0) is 11.3 Å². The summed E-state index contributed by atoms with van der Waals surface area (Å²) in [5.41, 5.74) is 1.46. The Balaban J connectivity index is 1.77. The third kappa shape index (κ3) is 3.77. The number of hydrogen-bond acceptors (Lipinski definition) is 4. The molecule has 0 aliphatic carbocycles. The van der Waals surface area contributed by atoms with Gasteiger partial charge in [0.15, 0.2) is 0 Å². The molecule has 1 fully saturated rings. The summed E-state index contributed by atoms with van der Waals surface area (Å²) >= 11 is 0. The van der Waals surface area contributed by atoms with E-state index in [1.165, 1.54) is 5.56 Å². The highest BCUT2D eigenvalue weighted by Gasteiger charge is 2.27. The number of pyridine rings is 1. The van der Waals surface area contributed by atoms with Crippen molar-refractivity contribution in [3.63, 3.8) is 0 Å². The van der Waals surface area contributed by atoms with E-state index < -0.39 is 0 Å². The first-order valence-corrected chi connectivity index (χ1v) is 6.61. The quantitative estimate of drug-likeness (QED) is 0.853. The summed E-state index contributed by atoms with van der Waals surface area (Å²) in [6, 6.07) is 4.10. The normalized spacial score (nSPS) is 17.9. The van der Waals surface area contributed by atoms with Crippen LogP contribution < -0.4 is 5.32 Å². The van der Waals surface area contributed by atoms with Crippen LogP contribution in [0.2, 0.25) is 0 Å². The molecule has 18 heavy (non-hydrogen) atoms. The van der Waals surface area contributed by atoms with Gasteiger partial charge in [-0.25, -0.2) is 0 Å². The molecule has 1 aliphatic rings. The van der Waals surface area contributed by atoms with Gasteiger partial charge in [-0.05, 0) is 31.5 Å². The summed E-state index contributed by atoms with van der Waals surface area (Å²) in [4.78, 5) is 6.52. The predicted octanol–water partition coefficient (Wildman–Crippen LogP) is 1.28. The van der Waals surface area contributed by atoms with Crippen molar-refractivity contribution >= 4 is 0 Å². The fourth-order valence-corrected chi connectivity index (χ4v) is 2.29. The van der Waals surface area contributed by atoms with Crippen molar-refractivity contribution < 1.29 is 4.74 Å². The third-order valence-electron chi connectivity index (χ3n) is 3.50. The molecule has 0 saturated carbocycles. The van der Waals surface area contributed by atoms with Gasteiger partial charge < -0.3 is 10.1 Å². The summed E-state index contributed by atoms with van der Waals surface area (Å²) in [7, 11) is 0.